The van der Waals surface area contributed by atoms with Gasteiger partial charge in [-0.3, -0.25) is 9.59 Å². The number of ether oxygens (including phenoxy) is 6. The van der Waals surface area contributed by atoms with Gasteiger partial charge in [0.25, 0.3) is 0 Å². The van der Waals surface area contributed by atoms with E-state index in [-0.39, 0.29) is 23.8 Å². The third-order valence-corrected chi connectivity index (χ3v) is 7.34. The Labute approximate surface area is 217 Å². The highest BCUT2D eigenvalue weighted by Gasteiger charge is 2.66. The molecule has 6 atom stereocenters. The molecule has 0 bridgehead atoms. The van der Waals surface area contributed by atoms with Gasteiger partial charge in [0.15, 0.2) is 23.8 Å². The average Bonchev–Trinajstić information content (AvgIpc) is 3.30. The van der Waals surface area contributed by atoms with Gasteiger partial charge >= 0.3 is 11.9 Å². The fraction of sp³-hybridized carbons (Fsp3) is 0.929. The molecule has 2 aliphatic heterocycles. The van der Waals surface area contributed by atoms with Gasteiger partial charge in [-0.25, -0.2) is 0 Å². The van der Waals surface area contributed by atoms with E-state index in [9.17, 15) is 9.59 Å². The van der Waals surface area contributed by atoms with E-state index in [1.807, 2.05) is 27.7 Å². The second-order valence-corrected chi connectivity index (χ2v) is 11.5. The summed E-state index contributed by atoms with van der Waals surface area (Å²) in [5.41, 5.74) is 0. The van der Waals surface area contributed by atoms with Crippen LogP contribution in [0.2, 0.25) is 0 Å². The lowest BCUT2D eigenvalue weighted by atomic mass is 9.84. The summed E-state index contributed by atoms with van der Waals surface area (Å²) in [5, 5.41) is 0. The highest BCUT2D eigenvalue weighted by atomic mass is 16.8. The van der Waals surface area contributed by atoms with Crippen molar-refractivity contribution >= 4 is 11.9 Å². The van der Waals surface area contributed by atoms with Gasteiger partial charge < -0.3 is 28.4 Å². The summed E-state index contributed by atoms with van der Waals surface area (Å²) in [6, 6.07) is 0. The zero-order chi connectivity index (χ0) is 26.7. The van der Waals surface area contributed by atoms with Crippen LogP contribution in [0.3, 0.4) is 0 Å². The molecule has 0 aromatic heterocycles. The molecule has 0 radical (unpaired) electrons. The maximum Gasteiger partial charge on any atom is 0.309 e. The van der Waals surface area contributed by atoms with Crippen molar-refractivity contribution in [3.8, 4) is 0 Å². The maximum atomic E-state index is 13.3. The number of fused-ring (bicyclic) bond motifs is 2. The first-order chi connectivity index (χ1) is 17.0. The van der Waals surface area contributed by atoms with E-state index in [1.54, 1.807) is 0 Å². The topological polar surface area (TPSA) is 89.5 Å². The fourth-order valence-electron chi connectivity index (χ4n) is 5.91. The zero-order valence-electron chi connectivity index (χ0n) is 23.5. The van der Waals surface area contributed by atoms with Gasteiger partial charge in [-0.1, -0.05) is 53.4 Å². The Kier molecular flexibility index (Phi) is 9.86. The molecule has 3 aliphatic rings. The molecule has 208 valence electrons. The number of rotatable bonds is 12. The predicted octanol–water partition coefficient (Wildman–Crippen LogP) is 5.30. The van der Waals surface area contributed by atoms with Crippen LogP contribution in [0, 0.1) is 11.8 Å². The van der Waals surface area contributed by atoms with Crippen LogP contribution in [-0.2, 0) is 38.0 Å². The minimum absolute atomic E-state index is 0.179. The summed E-state index contributed by atoms with van der Waals surface area (Å²) in [6.07, 6.45) is 2.65. The number of hydrogen-bond acceptors (Lipinski definition) is 8. The first-order valence-electron chi connectivity index (χ1n) is 14.1. The molecule has 1 saturated carbocycles. The maximum absolute atomic E-state index is 13.3. The first kappa shape index (κ1) is 29.3. The van der Waals surface area contributed by atoms with Crippen LogP contribution < -0.4 is 0 Å². The molecule has 0 amide bonds. The smallest absolute Gasteiger partial charge is 0.309 e. The number of carbonyl (C=O) groups excluding carboxylic acids is 2. The molecule has 2 heterocycles. The minimum atomic E-state index is -0.933. The van der Waals surface area contributed by atoms with E-state index in [0.717, 1.165) is 51.4 Å². The van der Waals surface area contributed by atoms with Crippen molar-refractivity contribution in [2.45, 2.75) is 155 Å². The van der Waals surface area contributed by atoms with Gasteiger partial charge in [-0.05, 0) is 53.4 Å². The summed E-state index contributed by atoms with van der Waals surface area (Å²) >= 11 is 0. The third kappa shape index (κ3) is 6.61. The van der Waals surface area contributed by atoms with Crippen molar-refractivity contribution in [2.24, 2.45) is 11.8 Å². The molecule has 2 saturated heterocycles. The normalized spacial score (nSPS) is 32.4. The minimum Gasteiger partial charge on any atom is -0.456 e. The quantitative estimate of drug-likeness (QED) is 0.326. The molecule has 2 unspecified atom stereocenters. The van der Waals surface area contributed by atoms with Crippen molar-refractivity contribution in [3.05, 3.63) is 0 Å². The molecule has 3 rings (SSSR count). The number of esters is 2. The Morgan fingerprint density at radius 1 is 0.583 bits per heavy atom. The molecule has 8 heteroatoms. The number of carbonyl (C=O) groups is 2. The molecule has 8 nitrogen and oxygen atoms in total. The largest absolute Gasteiger partial charge is 0.456 e. The lowest BCUT2D eigenvalue weighted by Gasteiger charge is -2.42. The summed E-state index contributed by atoms with van der Waals surface area (Å²) < 4.78 is 37.5. The molecule has 1 aliphatic carbocycles. The monoisotopic (exact) mass is 512 g/mol. The van der Waals surface area contributed by atoms with Crippen molar-refractivity contribution in [1.29, 1.82) is 0 Å². The van der Waals surface area contributed by atoms with Crippen LogP contribution in [0.1, 0.15) is 107 Å². The van der Waals surface area contributed by atoms with Gasteiger partial charge in [-0.2, -0.15) is 0 Å². The molecule has 0 spiro atoms. The van der Waals surface area contributed by atoms with Crippen molar-refractivity contribution < 1.29 is 38.0 Å². The Hall–Kier alpha value is -1.22. The molecule has 0 N–H and O–H groups in total. The van der Waals surface area contributed by atoms with Crippen LogP contribution in [0.5, 0.6) is 0 Å². The van der Waals surface area contributed by atoms with Gasteiger partial charge in [0.05, 0.1) is 11.8 Å². The highest BCUT2D eigenvalue weighted by Crippen LogP contribution is 2.46. The molecular formula is C28H48O8. The van der Waals surface area contributed by atoms with Gasteiger partial charge in [0, 0.05) is 0 Å². The summed E-state index contributed by atoms with van der Waals surface area (Å²) in [7, 11) is 0. The van der Waals surface area contributed by atoms with Gasteiger partial charge in [0.1, 0.15) is 24.4 Å². The molecular weight excluding hydrogens is 464 g/mol. The Morgan fingerprint density at radius 2 is 0.833 bits per heavy atom. The van der Waals surface area contributed by atoms with Crippen LogP contribution in [0.25, 0.3) is 0 Å². The lowest BCUT2D eigenvalue weighted by molar-refractivity contribution is -0.203. The van der Waals surface area contributed by atoms with E-state index in [0.29, 0.717) is 0 Å². The molecule has 36 heavy (non-hydrogen) atoms. The Bertz CT molecular complexity index is 648. The van der Waals surface area contributed by atoms with Crippen LogP contribution in [0.4, 0.5) is 0 Å². The number of hydrogen-bond donors (Lipinski definition) is 0. The Morgan fingerprint density at radius 3 is 1.06 bits per heavy atom. The van der Waals surface area contributed by atoms with Gasteiger partial charge in [-0.15, -0.1) is 0 Å². The third-order valence-electron chi connectivity index (χ3n) is 7.34. The Balaban J connectivity index is 1.91. The van der Waals surface area contributed by atoms with E-state index < -0.39 is 48.2 Å². The second kappa shape index (κ2) is 12.1. The van der Waals surface area contributed by atoms with Crippen LogP contribution in [0.15, 0.2) is 0 Å². The van der Waals surface area contributed by atoms with E-state index >= 15 is 0 Å². The molecule has 0 aromatic carbocycles. The van der Waals surface area contributed by atoms with Crippen molar-refractivity contribution in [1.82, 2.24) is 0 Å². The lowest BCUT2D eigenvalue weighted by Crippen LogP contribution is -2.64. The highest BCUT2D eigenvalue weighted by molar-refractivity contribution is 5.73. The fourth-order valence-corrected chi connectivity index (χ4v) is 5.91. The molecule has 0 aromatic rings. The average molecular weight is 513 g/mol. The van der Waals surface area contributed by atoms with Crippen molar-refractivity contribution in [2.75, 3.05) is 0 Å². The standard InChI is InChI=1S/C28H48O8/c1-9-13-17(14-10-2)25(29)31-19-21-23(35-27(5,6)33-21)20(24-22(19)34-28(7,8)36-24)32-26(30)18(15-11-3)16-12-4/h17-24H,9-16H2,1-8H3/t19?,20?,21-,22-,23-,24+/m0/s1. The SMILES string of the molecule is CCCC(CCC)C(=O)OC1[C@H]2OC(C)(C)O[C@H]2C(OC(=O)C(CCC)CCC)[C@@H]2OC(C)(C)O[C@@H]12. The summed E-state index contributed by atoms with van der Waals surface area (Å²) in [6.45, 7) is 15.5. The van der Waals surface area contributed by atoms with Crippen LogP contribution >= 0.6 is 0 Å². The van der Waals surface area contributed by atoms with Crippen molar-refractivity contribution in [3.63, 3.8) is 0 Å². The van der Waals surface area contributed by atoms with E-state index in [2.05, 4.69) is 27.7 Å². The zero-order valence-corrected chi connectivity index (χ0v) is 23.5. The predicted molar refractivity (Wildman–Crippen MR) is 134 cm³/mol. The molecule has 3 fully saturated rings. The second-order valence-electron chi connectivity index (χ2n) is 11.5. The van der Waals surface area contributed by atoms with Gasteiger partial charge in [0.2, 0.25) is 0 Å². The summed E-state index contributed by atoms with van der Waals surface area (Å²) in [4.78, 5) is 26.6. The van der Waals surface area contributed by atoms with E-state index in [1.165, 1.54) is 0 Å². The summed E-state index contributed by atoms with van der Waals surface area (Å²) in [5.74, 6) is -2.72. The van der Waals surface area contributed by atoms with Crippen LogP contribution in [-0.4, -0.2) is 60.1 Å². The first-order valence-corrected chi connectivity index (χ1v) is 14.1. The van der Waals surface area contributed by atoms with E-state index in [4.69, 9.17) is 28.4 Å².